The van der Waals surface area contributed by atoms with E-state index >= 15 is 0 Å². The lowest BCUT2D eigenvalue weighted by molar-refractivity contribution is -0.118. The second kappa shape index (κ2) is 7.87. The summed E-state index contributed by atoms with van der Waals surface area (Å²) in [6.07, 6.45) is -0.153. The largest absolute Gasteiger partial charge is 0.444 e. The van der Waals surface area contributed by atoms with Crippen LogP contribution in [0.25, 0.3) is 0 Å². The topological polar surface area (TPSA) is 76.7 Å². The fourth-order valence-corrected chi connectivity index (χ4v) is 3.55. The third kappa shape index (κ3) is 5.82. The molecule has 1 aliphatic rings. The molecule has 1 aromatic carbocycles. The molecular weight excluding hydrogens is 372 g/mol. The highest BCUT2D eigenvalue weighted by atomic mass is 28.4. The standard InChI is InChI=1S/C21H34N2O4Si/c1-20(2,3)27-19(25)23-17-12-15-10-9-14(11-16(15)22-18(17)24)13-26-28(7,8)21(4,5)6/h9-11,17H,12-13H2,1-8H3,(H,22,24)(H,23,25)/t17-/m1/s1. The molecule has 28 heavy (non-hydrogen) atoms. The van der Waals surface area contributed by atoms with Crippen LogP contribution in [-0.2, 0) is 27.0 Å². The Labute approximate surface area is 169 Å². The van der Waals surface area contributed by atoms with E-state index in [9.17, 15) is 9.59 Å². The molecule has 0 spiro atoms. The number of fused-ring (bicyclic) bond motifs is 1. The van der Waals surface area contributed by atoms with Crippen LogP contribution in [-0.4, -0.2) is 32.0 Å². The van der Waals surface area contributed by atoms with E-state index in [0.29, 0.717) is 13.0 Å². The van der Waals surface area contributed by atoms with Gasteiger partial charge < -0.3 is 19.8 Å². The van der Waals surface area contributed by atoms with Crippen LogP contribution >= 0.6 is 0 Å². The molecule has 2 N–H and O–H groups in total. The molecule has 1 atom stereocenters. The number of anilines is 1. The van der Waals surface area contributed by atoms with Crippen molar-refractivity contribution < 1.29 is 18.8 Å². The maximum absolute atomic E-state index is 12.4. The van der Waals surface area contributed by atoms with Crippen LogP contribution in [0.1, 0.15) is 52.7 Å². The van der Waals surface area contributed by atoms with Crippen LogP contribution in [0.15, 0.2) is 18.2 Å². The van der Waals surface area contributed by atoms with E-state index in [1.165, 1.54) is 0 Å². The highest BCUT2D eigenvalue weighted by Gasteiger charge is 2.37. The highest BCUT2D eigenvalue weighted by molar-refractivity contribution is 6.74. The molecule has 1 aromatic rings. The number of ether oxygens (including phenoxy) is 1. The van der Waals surface area contributed by atoms with Crippen LogP contribution in [0.4, 0.5) is 10.5 Å². The summed E-state index contributed by atoms with van der Waals surface area (Å²) in [5, 5.41) is 5.69. The van der Waals surface area contributed by atoms with Crippen molar-refractivity contribution in [1.82, 2.24) is 5.32 Å². The molecule has 1 heterocycles. The fraction of sp³-hybridized carbons (Fsp3) is 0.619. The van der Waals surface area contributed by atoms with Gasteiger partial charge in [-0.25, -0.2) is 4.79 Å². The summed E-state index contributed by atoms with van der Waals surface area (Å²) in [7, 11) is -1.83. The number of alkyl carbamates (subject to hydrolysis) is 1. The highest BCUT2D eigenvalue weighted by Crippen LogP contribution is 2.37. The lowest BCUT2D eigenvalue weighted by Gasteiger charge is -2.36. The van der Waals surface area contributed by atoms with Crippen molar-refractivity contribution in [2.45, 2.75) is 84.3 Å². The van der Waals surface area contributed by atoms with E-state index in [4.69, 9.17) is 9.16 Å². The van der Waals surface area contributed by atoms with E-state index in [2.05, 4.69) is 44.5 Å². The zero-order valence-electron chi connectivity index (χ0n) is 18.4. The Hall–Kier alpha value is -1.86. The summed E-state index contributed by atoms with van der Waals surface area (Å²) < 4.78 is 11.5. The van der Waals surface area contributed by atoms with Gasteiger partial charge in [0.25, 0.3) is 0 Å². The van der Waals surface area contributed by atoms with Gasteiger partial charge in [-0.1, -0.05) is 32.9 Å². The lowest BCUT2D eigenvalue weighted by atomic mass is 9.97. The van der Waals surface area contributed by atoms with Gasteiger partial charge in [0.15, 0.2) is 8.32 Å². The van der Waals surface area contributed by atoms with Gasteiger partial charge in [0, 0.05) is 12.1 Å². The van der Waals surface area contributed by atoms with Gasteiger partial charge in [-0.05, 0) is 56.1 Å². The number of carbonyl (C=O) groups is 2. The Morgan fingerprint density at radius 3 is 2.43 bits per heavy atom. The summed E-state index contributed by atoms with van der Waals surface area (Å²) >= 11 is 0. The number of hydrogen-bond donors (Lipinski definition) is 2. The first-order valence-corrected chi connectivity index (χ1v) is 12.6. The number of hydrogen-bond acceptors (Lipinski definition) is 4. The van der Waals surface area contributed by atoms with Crippen molar-refractivity contribution in [2.75, 3.05) is 5.32 Å². The van der Waals surface area contributed by atoms with Gasteiger partial charge in [0.05, 0.1) is 6.61 Å². The van der Waals surface area contributed by atoms with Gasteiger partial charge >= 0.3 is 6.09 Å². The van der Waals surface area contributed by atoms with Crippen LogP contribution < -0.4 is 10.6 Å². The first-order chi connectivity index (χ1) is 12.7. The lowest BCUT2D eigenvalue weighted by Crippen LogP contribution is -2.49. The minimum Gasteiger partial charge on any atom is -0.444 e. The third-order valence-electron chi connectivity index (χ3n) is 5.27. The minimum absolute atomic E-state index is 0.149. The van der Waals surface area contributed by atoms with Gasteiger partial charge in [-0.2, -0.15) is 0 Å². The normalized spacial score (nSPS) is 17.6. The number of amides is 2. The Morgan fingerprint density at radius 2 is 1.86 bits per heavy atom. The van der Waals surface area contributed by atoms with E-state index in [-0.39, 0.29) is 10.9 Å². The molecule has 2 rings (SSSR count). The fourth-order valence-electron chi connectivity index (χ4n) is 2.59. The Bertz CT molecular complexity index is 748. The predicted octanol–water partition coefficient (Wildman–Crippen LogP) is 4.60. The molecule has 0 unspecified atom stereocenters. The molecule has 0 aliphatic carbocycles. The first kappa shape index (κ1) is 22.4. The van der Waals surface area contributed by atoms with Crippen LogP contribution in [0, 0.1) is 0 Å². The summed E-state index contributed by atoms with van der Waals surface area (Å²) in [5.74, 6) is -0.235. The second-order valence-corrected chi connectivity index (χ2v) is 14.7. The molecule has 2 amide bonds. The Kier molecular flexibility index (Phi) is 6.30. The van der Waals surface area contributed by atoms with Crippen molar-refractivity contribution in [3.63, 3.8) is 0 Å². The molecular formula is C21H34N2O4Si. The van der Waals surface area contributed by atoms with Crippen molar-refractivity contribution in [3.05, 3.63) is 29.3 Å². The van der Waals surface area contributed by atoms with E-state index in [0.717, 1.165) is 16.8 Å². The van der Waals surface area contributed by atoms with Crippen molar-refractivity contribution in [2.24, 2.45) is 0 Å². The molecule has 0 fully saturated rings. The summed E-state index contributed by atoms with van der Waals surface area (Å²) in [5.41, 5.74) is 2.19. The van der Waals surface area contributed by atoms with Crippen molar-refractivity contribution in [1.29, 1.82) is 0 Å². The van der Waals surface area contributed by atoms with Gasteiger partial charge in [0.1, 0.15) is 11.6 Å². The molecule has 0 saturated carbocycles. The summed E-state index contributed by atoms with van der Waals surface area (Å²) in [6.45, 7) is 17.0. The molecule has 156 valence electrons. The minimum atomic E-state index is -1.83. The second-order valence-electron chi connectivity index (χ2n) is 9.93. The number of nitrogens with one attached hydrogen (secondary N) is 2. The summed E-state index contributed by atoms with van der Waals surface area (Å²) in [4.78, 5) is 24.4. The average molecular weight is 407 g/mol. The zero-order valence-corrected chi connectivity index (χ0v) is 19.4. The van der Waals surface area contributed by atoms with Gasteiger partial charge in [-0.3, -0.25) is 4.79 Å². The third-order valence-corrected chi connectivity index (χ3v) is 9.75. The molecule has 0 aromatic heterocycles. The van der Waals surface area contributed by atoms with Crippen LogP contribution in [0.5, 0.6) is 0 Å². The molecule has 0 radical (unpaired) electrons. The van der Waals surface area contributed by atoms with Crippen LogP contribution in [0.2, 0.25) is 18.1 Å². The Morgan fingerprint density at radius 1 is 1.21 bits per heavy atom. The number of rotatable bonds is 4. The zero-order chi connectivity index (χ0) is 21.3. The Balaban J connectivity index is 2.04. The van der Waals surface area contributed by atoms with E-state index in [1.54, 1.807) is 20.8 Å². The molecule has 6 nitrogen and oxygen atoms in total. The molecule has 1 aliphatic heterocycles. The van der Waals surface area contributed by atoms with E-state index in [1.807, 2.05) is 18.2 Å². The number of benzene rings is 1. The van der Waals surface area contributed by atoms with Gasteiger partial charge in [0.2, 0.25) is 5.91 Å². The maximum Gasteiger partial charge on any atom is 0.408 e. The monoisotopic (exact) mass is 406 g/mol. The van der Waals surface area contributed by atoms with Gasteiger partial charge in [-0.15, -0.1) is 0 Å². The van der Waals surface area contributed by atoms with Crippen molar-refractivity contribution >= 4 is 26.0 Å². The van der Waals surface area contributed by atoms with E-state index < -0.39 is 26.1 Å². The molecule has 7 heteroatoms. The van der Waals surface area contributed by atoms with Crippen molar-refractivity contribution in [3.8, 4) is 0 Å². The SMILES string of the molecule is CC(C)(C)OC(=O)N[C@@H]1Cc2ccc(CO[Si](C)(C)C(C)(C)C)cc2NC1=O. The maximum atomic E-state index is 12.4. The quantitative estimate of drug-likeness (QED) is 0.717. The smallest absolute Gasteiger partial charge is 0.408 e. The first-order valence-electron chi connectivity index (χ1n) is 9.74. The number of carbonyl (C=O) groups excluding carboxylic acids is 2. The molecule has 0 bridgehead atoms. The summed E-state index contributed by atoms with van der Waals surface area (Å²) in [6, 6.07) is 5.33. The average Bonchev–Trinajstić information content (AvgIpc) is 2.50. The molecule has 0 saturated heterocycles. The predicted molar refractivity (Wildman–Crippen MR) is 114 cm³/mol. The van der Waals surface area contributed by atoms with Crippen LogP contribution in [0.3, 0.4) is 0 Å².